The molecule has 3 heteroatoms. The van der Waals surface area contributed by atoms with Crippen molar-refractivity contribution in [3.8, 4) is 0 Å². The van der Waals surface area contributed by atoms with Gasteiger partial charge in [-0.15, -0.1) is 0 Å². The third-order valence-electron chi connectivity index (χ3n) is 8.02. The molecule has 2 aliphatic carbocycles. The predicted molar refractivity (Wildman–Crippen MR) is 164 cm³/mol. The van der Waals surface area contributed by atoms with Crippen molar-refractivity contribution in [3.05, 3.63) is 69.8 Å². The molecule has 0 heterocycles. The van der Waals surface area contributed by atoms with Gasteiger partial charge in [0.2, 0.25) is 0 Å². The summed E-state index contributed by atoms with van der Waals surface area (Å²) >= 11 is 0. The van der Waals surface area contributed by atoms with E-state index < -0.39 is 0 Å². The standard InChI is InChI=1S/C23H32O3.C10H12.C3H8/c1-5-8-18(20(6-2)21(25)11-16(4)24)12-17-13-19-10-7-9-15(3)23(19)22(26)14-17;1-8-5-6-9-3-2-4-10(9)7-8;1-3-2/h7,9-10,17-18,20H,5-6,8,11-14H2,1-4H3;5-7H,2-4H2,1H3;3H2,1-2H3. The van der Waals surface area contributed by atoms with Crippen LogP contribution in [0.2, 0.25) is 0 Å². The van der Waals surface area contributed by atoms with E-state index in [4.69, 9.17) is 0 Å². The van der Waals surface area contributed by atoms with Crippen molar-refractivity contribution in [2.45, 2.75) is 119 Å². The van der Waals surface area contributed by atoms with Gasteiger partial charge in [0.1, 0.15) is 11.6 Å². The number of aryl methyl sites for hydroxylation is 4. The smallest absolute Gasteiger partial charge is 0.163 e. The average molecular weight is 533 g/mol. The highest BCUT2D eigenvalue weighted by atomic mass is 16.1. The molecule has 214 valence electrons. The maximum absolute atomic E-state index is 12.7. The average Bonchev–Trinajstić information content (AvgIpc) is 3.32. The van der Waals surface area contributed by atoms with Crippen LogP contribution in [0.4, 0.5) is 0 Å². The van der Waals surface area contributed by atoms with E-state index in [2.05, 4.69) is 52.0 Å². The van der Waals surface area contributed by atoms with E-state index in [1.54, 1.807) is 11.1 Å². The van der Waals surface area contributed by atoms with Crippen molar-refractivity contribution < 1.29 is 14.4 Å². The third kappa shape index (κ3) is 9.85. The molecule has 39 heavy (non-hydrogen) atoms. The van der Waals surface area contributed by atoms with Gasteiger partial charge in [-0.2, -0.15) is 0 Å². The van der Waals surface area contributed by atoms with Crippen LogP contribution in [0.25, 0.3) is 0 Å². The van der Waals surface area contributed by atoms with E-state index in [0.717, 1.165) is 48.8 Å². The summed E-state index contributed by atoms with van der Waals surface area (Å²) in [5, 5.41) is 0. The number of ketones is 3. The maximum Gasteiger partial charge on any atom is 0.163 e. The molecule has 0 bridgehead atoms. The number of carbonyl (C=O) groups is 3. The van der Waals surface area contributed by atoms with E-state index in [-0.39, 0.29) is 35.6 Å². The second-order valence-corrected chi connectivity index (χ2v) is 11.8. The fourth-order valence-electron chi connectivity index (χ4n) is 6.39. The van der Waals surface area contributed by atoms with Crippen LogP contribution >= 0.6 is 0 Å². The lowest BCUT2D eigenvalue weighted by molar-refractivity contribution is -0.129. The lowest BCUT2D eigenvalue weighted by Gasteiger charge is -2.31. The SMILES string of the molecule is CCC.CCCC(CC1CC(=O)c2c(C)cccc2C1)C(CC)C(=O)CC(C)=O.Cc1ccc2c(c1)CCC2. The molecule has 3 nitrogen and oxygen atoms in total. The molecular weight excluding hydrogens is 480 g/mol. The minimum atomic E-state index is -0.0622. The number of fused-ring (bicyclic) bond motifs is 2. The lowest BCUT2D eigenvalue weighted by atomic mass is 9.72. The van der Waals surface area contributed by atoms with Crippen LogP contribution in [0.15, 0.2) is 36.4 Å². The van der Waals surface area contributed by atoms with Crippen LogP contribution in [-0.2, 0) is 28.9 Å². The molecule has 0 saturated carbocycles. The Morgan fingerprint density at radius 1 is 0.923 bits per heavy atom. The maximum atomic E-state index is 12.7. The van der Waals surface area contributed by atoms with Crippen molar-refractivity contribution in [3.63, 3.8) is 0 Å². The van der Waals surface area contributed by atoms with Crippen LogP contribution in [-0.4, -0.2) is 17.3 Å². The van der Waals surface area contributed by atoms with E-state index in [0.29, 0.717) is 12.3 Å². The van der Waals surface area contributed by atoms with Gasteiger partial charge in [-0.1, -0.05) is 88.9 Å². The summed E-state index contributed by atoms with van der Waals surface area (Å²) in [6.45, 7) is 14.1. The Bertz CT molecular complexity index is 1100. The lowest BCUT2D eigenvalue weighted by Crippen LogP contribution is -2.29. The Kier molecular flexibility index (Phi) is 13.8. The van der Waals surface area contributed by atoms with Gasteiger partial charge in [0.25, 0.3) is 0 Å². The molecule has 3 atom stereocenters. The van der Waals surface area contributed by atoms with Crippen LogP contribution in [0, 0.1) is 31.6 Å². The molecule has 0 radical (unpaired) electrons. The summed E-state index contributed by atoms with van der Waals surface area (Å²) in [6, 6.07) is 12.9. The molecule has 2 aromatic rings. The first-order valence-corrected chi connectivity index (χ1v) is 15.4. The largest absolute Gasteiger partial charge is 0.300 e. The van der Waals surface area contributed by atoms with E-state index in [1.807, 2.05) is 26.0 Å². The number of Topliss-reactive ketones (excluding diaryl/α,β-unsaturated/α-hetero) is 3. The van der Waals surface area contributed by atoms with Crippen LogP contribution in [0.3, 0.4) is 0 Å². The predicted octanol–water partition coefficient (Wildman–Crippen LogP) is 9.02. The van der Waals surface area contributed by atoms with Gasteiger partial charge in [0, 0.05) is 17.9 Å². The first-order chi connectivity index (χ1) is 18.6. The Morgan fingerprint density at radius 2 is 1.62 bits per heavy atom. The summed E-state index contributed by atoms with van der Waals surface area (Å²) in [6.07, 6.45) is 10.4. The first-order valence-electron chi connectivity index (χ1n) is 15.4. The Labute approximate surface area is 238 Å². The Hall–Kier alpha value is -2.55. The number of hydrogen-bond donors (Lipinski definition) is 0. The zero-order valence-electron chi connectivity index (χ0n) is 25.7. The zero-order valence-corrected chi connectivity index (χ0v) is 25.7. The van der Waals surface area contributed by atoms with Crippen molar-refractivity contribution in [2.24, 2.45) is 17.8 Å². The normalized spacial score (nSPS) is 17.0. The van der Waals surface area contributed by atoms with E-state index >= 15 is 0 Å². The monoisotopic (exact) mass is 532 g/mol. The summed E-state index contributed by atoms with van der Waals surface area (Å²) in [5.74, 6) is 0.770. The van der Waals surface area contributed by atoms with Gasteiger partial charge < -0.3 is 0 Å². The Morgan fingerprint density at radius 3 is 2.26 bits per heavy atom. The molecule has 0 spiro atoms. The summed E-state index contributed by atoms with van der Waals surface area (Å²) in [7, 11) is 0. The quantitative estimate of drug-likeness (QED) is 0.303. The highest BCUT2D eigenvalue weighted by molar-refractivity contribution is 6.00. The topological polar surface area (TPSA) is 51.2 Å². The molecule has 0 saturated heterocycles. The molecule has 2 aliphatic rings. The number of carbonyl (C=O) groups excluding carboxylic acids is 3. The zero-order chi connectivity index (χ0) is 28.9. The minimum absolute atomic E-state index is 0.0460. The van der Waals surface area contributed by atoms with Crippen LogP contribution in [0.1, 0.15) is 124 Å². The fourth-order valence-corrected chi connectivity index (χ4v) is 6.39. The van der Waals surface area contributed by atoms with Gasteiger partial charge >= 0.3 is 0 Å². The third-order valence-corrected chi connectivity index (χ3v) is 8.02. The molecule has 0 aromatic heterocycles. The molecule has 0 amide bonds. The highest BCUT2D eigenvalue weighted by Crippen LogP contribution is 2.36. The number of benzene rings is 2. The highest BCUT2D eigenvalue weighted by Gasteiger charge is 2.32. The summed E-state index contributed by atoms with van der Waals surface area (Å²) in [4.78, 5) is 36.6. The van der Waals surface area contributed by atoms with E-state index in [9.17, 15) is 14.4 Å². The van der Waals surface area contributed by atoms with Gasteiger partial charge in [-0.3, -0.25) is 14.4 Å². The van der Waals surface area contributed by atoms with Crippen molar-refractivity contribution in [1.29, 1.82) is 0 Å². The Balaban J connectivity index is 0.000000335. The first kappa shape index (κ1) is 32.7. The molecular formula is C36H52O3. The molecule has 3 unspecified atom stereocenters. The van der Waals surface area contributed by atoms with Gasteiger partial charge in [0.05, 0.1) is 6.42 Å². The molecule has 0 aliphatic heterocycles. The number of rotatable bonds is 9. The van der Waals surface area contributed by atoms with Crippen LogP contribution in [0.5, 0.6) is 0 Å². The summed E-state index contributed by atoms with van der Waals surface area (Å²) < 4.78 is 0. The molecule has 2 aromatic carbocycles. The van der Waals surface area contributed by atoms with Gasteiger partial charge in [-0.05, 0) is 93.4 Å². The van der Waals surface area contributed by atoms with Crippen molar-refractivity contribution in [1.82, 2.24) is 0 Å². The second kappa shape index (κ2) is 16.5. The van der Waals surface area contributed by atoms with Crippen LogP contribution < -0.4 is 0 Å². The molecule has 4 rings (SSSR count). The fraction of sp³-hybridized carbons (Fsp3) is 0.583. The van der Waals surface area contributed by atoms with E-state index in [1.165, 1.54) is 38.2 Å². The number of hydrogen-bond acceptors (Lipinski definition) is 3. The minimum Gasteiger partial charge on any atom is -0.300 e. The van der Waals surface area contributed by atoms with Gasteiger partial charge in [0.15, 0.2) is 5.78 Å². The summed E-state index contributed by atoms with van der Waals surface area (Å²) in [5.41, 5.74) is 7.70. The second-order valence-electron chi connectivity index (χ2n) is 11.8. The van der Waals surface area contributed by atoms with Crippen molar-refractivity contribution >= 4 is 17.3 Å². The van der Waals surface area contributed by atoms with Crippen molar-refractivity contribution in [2.75, 3.05) is 0 Å². The molecule has 0 N–H and O–H groups in total. The van der Waals surface area contributed by atoms with Gasteiger partial charge in [-0.25, -0.2) is 0 Å². The molecule has 0 fully saturated rings.